The van der Waals surface area contributed by atoms with E-state index in [0.29, 0.717) is 5.57 Å². The number of hydrogen-bond donors (Lipinski definition) is 1. The van der Waals surface area contributed by atoms with Gasteiger partial charge < -0.3 is 10.0 Å². The molecule has 0 spiro atoms. The normalized spacial score (nSPS) is 27.4. The lowest BCUT2D eigenvalue weighted by Crippen LogP contribution is -2.42. The van der Waals surface area contributed by atoms with Crippen LogP contribution in [-0.2, 0) is 9.59 Å². The smallest absolute Gasteiger partial charge is 0.341 e. The lowest BCUT2D eigenvalue weighted by Gasteiger charge is -2.33. The first-order chi connectivity index (χ1) is 6.36. The quantitative estimate of drug-likeness (QED) is 0.672. The molecular weight excluding hydrogens is 182 g/mol. The van der Waals surface area contributed by atoms with Crippen LogP contribution in [0, 0.1) is 0 Å². The number of carboxylic acids is 1. The molecule has 1 heterocycles. The zero-order valence-corrected chi connectivity index (χ0v) is 8.92. The van der Waals surface area contributed by atoms with Crippen LogP contribution in [0.1, 0.15) is 27.2 Å². The molecule has 14 heavy (non-hydrogen) atoms. The third-order valence-corrected chi connectivity index (χ3v) is 3.34. The summed E-state index contributed by atoms with van der Waals surface area (Å²) in [7, 11) is 1.64. The Labute approximate surface area is 83.2 Å². The van der Waals surface area contributed by atoms with Gasteiger partial charge in [0, 0.05) is 7.05 Å². The summed E-state index contributed by atoms with van der Waals surface area (Å²) < 4.78 is 0. The van der Waals surface area contributed by atoms with Crippen LogP contribution in [0.5, 0.6) is 0 Å². The fourth-order valence-corrected chi connectivity index (χ4v) is 1.83. The Kier molecular flexibility index (Phi) is 2.39. The minimum atomic E-state index is -1.13. The van der Waals surface area contributed by atoms with Crippen molar-refractivity contribution in [3.8, 4) is 0 Å². The molecule has 4 heteroatoms. The second-order valence-corrected chi connectivity index (χ2v) is 3.80. The van der Waals surface area contributed by atoms with E-state index in [9.17, 15) is 9.59 Å². The highest BCUT2D eigenvalue weighted by Crippen LogP contribution is 2.36. The summed E-state index contributed by atoms with van der Waals surface area (Å²) in [6.45, 7) is 5.54. The van der Waals surface area contributed by atoms with E-state index in [-0.39, 0.29) is 11.5 Å². The summed E-state index contributed by atoms with van der Waals surface area (Å²) in [6, 6.07) is 0. The molecule has 0 fully saturated rings. The van der Waals surface area contributed by atoms with Crippen molar-refractivity contribution in [2.75, 3.05) is 7.05 Å². The van der Waals surface area contributed by atoms with Crippen molar-refractivity contribution < 1.29 is 14.7 Å². The van der Waals surface area contributed by atoms with Crippen LogP contribution in [0.4, 0.5) is 0 Å². The van der Waals surface area contributed by atoms with Crippen molar-refractivity contribution in [1.82, 2.24) is 4.90 Å². The van der Waals surface area contributed by atoms with Gasteiger partial charge in [0.2, 0.25) is 0 Å². The Morgan fingerprint density at radius 1 is 1.57 bits per heavy atom. The van der Waals surface area contributed by atoms with Crippen molar-refractivity contribution >= 4 is 11.9 Å². The van der Waals surface area contributed by atoms with Crippen molar-refractivity contribution in [2.45, 2.75) is 32.7 Å². The maximum atomic E-state index is 11.6. The Bertz CT molecular complexity index is 332. The van der Waals surface area contributed by atoms with Crippen LogP contribution >= 0.6 is 0 Å². The molecule has 0 aromatic carbocycles. The van der Waals surface area contributed by atoms with E-state index in [0.717, 1.165) is 6.42 Å². The van der Waals surface area contributed by atoms with Gasteiger partial charge in [0.25, 0.3) is 5.91 Å². The standard InChI is InChI=1S/C10H15NO3/c1-5-10(3)6(2)7(9(13)14)8(12)11(10)4/h5H2,1-4H3,(H,13,14). The molecule has 0 saturated heterocycles. The molecule has 0 saturated carbocycles. The predicted octanol–water partition coefficient (Wildman–Crippen LogP) is 1.03. The molecule has 1 aliphatic rings. The van der Waals surface area contributed by atoms with E-state index in [1.807, 2.05) is 13.8 Å². The third kappa shape index (κ3) is 1.14. The lowest BCUT2D eigenvalue weighted by atomic mass is 9.90. The largest absolute Gasteiger partial charge is 0.477 e. The Hall–Kier alpha value is -1.32. The Morgan fingerprint density at radius 2 is 2.07 bits per heavy atom. The maximum Gasteiger partial charge on any atom is 0.341 e. The molecule has 4 nitrogen and oxygen atoms in total. The van der Waals surface area contributed by atoms with Gasteiger partial charge >= 0.3 is 5.97 Å². The molecule has 1 rings (SSSR count). The summed E-state index contributed by atoms with van der Waals surface area (Å²) >= 11 is 0. The number of likely N-dealkylation sites (N-methyl/N-ethyl adjacent to an activating group) is 1. The molecule has 0 aromatic heterocycles. The van der Waals surface area contributed by atoms with Crippen molar-refractivity contribution in [1.29, 1.82) is 0 Å². The highest BCUT2D eigenvalue weighted by atomic mass is 16.4. The second kappa shape index (κ2) is 3.12. The fourth-order valence-electron chi connectivity index (χ4n) is 1.83. The lowest BCUT2D eigenvalue weighted by molar-refractivity contribution is -0.137. The molecule has 0 radical (unpaired) electrons. The molecule has 0 aromatic rings. The zero-order chi connectivity index (χ0) is 11.1. The minimum absolute atomic E-state index is 0.0724. The van der Waals surface area contributed by atoms with Gasteiger partial charge in [0.05, 0.1) is 5.54 Å². The van der Waals surface area contributed by atoms with Crippen LogP contribution in [0.3, 0.4) is 0 Å². The zero-order valence-electron chi connectivity index (χ0n) is 8.92. The SMILES string of the molecule is CCC1(C)C(C)=C(C(=O)O)C(=O)N1C. The summed E-state index contributed by atoms with van der Waals surface area (Å²) in [6.07, 6.45) is 0.720. The Balaban J connectivity index is 3.30. The number of rotatable bonds is 2. The van der Waals surface area contributed by atoms with Gasteiger partial charge in [-0.05, 0) is 25.8 Å². The molecule has 1 aliphatic heterocycles. The highest BCUT2D eigenvalue weighted by Gasteiger charge is 2.45. The third-order valence-electron chi connectivity index (χ3n) is 3.34. The molecule has 1 N–H and O–H groups in total. The van der Waals surface area contributed by atoms with Crippen LogP contribution < -0.4 is 0 Å². The van der Waals surface area contributed by atoms with E-state index in [4.69, 9.17) is 5.11 Å². The van der Waals surface area contributed by atoms with E-state index < -0.39 is 11.5 Å². The first-order valence-corrected chi connectivity index (χ1v) is 4.59. The summed E-state index contributed by atoms with van der Waals surface area (Å²) in [5.41, 5.74) is 0.141. The minimum Gasteiger partial charge on any atom is -0.477 e. The average molecular weight is 197 g/mol. The Morgan fingerprint density at radius 3 is 2.29 bits per heavy atom. The fraction of sp³-hybridized carbons (Fsp3) is 0.600. The van der Waals surface area contributed by atoms with Crippen LogP contribution in [0.2, 0.25) is 0 Å². The van der Waals surface area contributed by atoms with Gasteiger partial charge in [0.1, 0.15) is 5.57 Å². The van der Waals surface area contributed by atoms with E-state index >= 15 is 0 Å². The van der Waals surface area contributed by atoms with Crippen LogP contribution in [-0.4, -0.2) is 34.5 Å². The van der Waals surface area contributed by atoms with Crippen molar-refractivity contribution in [3.63, 3.8) is 0 Å². The number of carbonyl (C=O) groups is 2. The van der Waals surface area contributed by atoms with E-state index in [2.05, 4.69) is 0 Å². The topological polar surface area (TPSA) is 57.6 Å². The molecule has 1 amide bonds. The van der Waals surface area contributed by atoms with E-state index in [1.165, 1.54) is 4.90 Å². The highest BCUT2D eigenvalue weighted by molar-refractivity contribution is 6.18. The molecule has 0 bridgehead atoms. The average Bonchev–Trinajstić information content (AvgIpc) is 2.29. The van der Waals surface area contributed by atoms with Gasteiger partial charge in [-0.1, -0.05) is 6.92 Å². The monoisotopic (exact) mass is 197 g/mol. The van der Waals surface area contributed by atoms with Gasteiger partial charge in [-0.25, -0.2) is 4.79 Å². The van der Waals surface area contributed by atoms with Crippen LogP contribution in [0.25, 0.3) is 0 Å². The summed E-state index contributed by atoms with van der Waals surface area (Å²) in [5, 5.41) is 8.89. The summed E-state index contributed by atoms with van der Waals surface area (Å²) in [4.78, 5) is 24.0. The number of carboxylic acid groups (broad SMARTS) is 1. The second-order valence-electron chi connectivity index (χ2n) is 3.80. The van der Waals surface area contributed by atoms with E-state index in [1.54, 1.807) is 14.0 Å². The van der Waals surface area contributed by atoms with Gasteiger partial charge in [-0.2, -0.15) is 0 Å². The molecular formula is C10H15NO3. The van der Waals surface area contributed by atoms with Crippen LogP contribution in [0.15, 0.2) is 11.1 Å². The molecule has 1 atom stereocenters. The number of carbonyl (C=O) groups excluding carboxylic acids is 1. The predicted molar refractivity (Wildman–Crippen MR) is 51.8 cm³/mol. The van der Waals surface area contributed by atoms with Gasteiger partial charge in [-0.15, -0.1) is 0 Å². The molecule has 78 valence electrons. The molecule has 1 unspecified atom stereocenters. The first-order valence-electron chi connectivity index (χ1n) is 4.59. The first kappa shape index (κ1) is 10.8. The van der Waals surface area contributed by atoms with Crippen molar-refractivity contribution in [3.05, 3.63) is 11.1 Å². The van der Waals surface area contributed by atoms with Gasteiger partial charge in [0.15, 0.2) is 0 Å². The number of hydrogen-bond acceptors (Lipinski definition) is 2. The molecule has 0 aliphatic carbocycles. The maximum absolute atomic E-state index is 11.6. The van der Waals surface area contributed by atoms with Gasteiger partial charge in [-0.3, -0.25) is 4.79 Å². The number of nitrogens with zero attached hydrogens (tertiary/aromatic N) is 1. The summed E-state index contributed by atoms with van der Waals surface area (Å²) in [5.74, 6) is -1.52. The van der Waals surface area contributed by atoms with Crippen molar-refractivity contribution in [2.24, 2.45) is 0 Å². The number of amides is 1. The number of aliphatic carboxylic acids is 1.